The number of carbonyl (C=O) groups is 2. The number of hydrogen-bond acceptors (Lipinski definition) is 4. The first-order valence-corrected chi connectivity index (χ1v) is 13.8. The molecule has 3 aliphatic rings. The molecule has 3 aromatic rings. The van der Waals surface area contributed by atoms with Crippen molar-refractivity contribution in [3.05, 3.63) is 70.7 Å². The summed E-state index contributed by atoms with van der Waals surface area (Å²) in [6.45, 7) is 2.95. The number of H-pyrrole nitrogens is 1. The molecular formula is C30H35N5O2. The molecule has 0 radical (unpaired) electrons. The average molecular weight is 498 g/mol. The number of amides is 2. The summed E-state index contributed by atoms with van der Waals surface area (Å²) in [5.74, 6) is 0.427. The second kappa shape index (κ2) is 10.1. The molecule has 0 spiro atoms. The molecule has 7 nitrogen and oxygen atoms in total. The van der Waals surface area contributed by atoms with Gasteiger partial charge in [0.25, 0.3) is 5.91 Å². The number of benzene rings is 1. The third-order valence-corrected chi connectivity index (χ3v) is 8.45. The zero-order valence-electron chi connectivity index (χ0n) is 21.5. The first kappa shape index (κ1) is 23.9. The van der Waals surface area contributed by atoms with Crippen molar-refractivity contribution < 1.29 is 9.59 Å². The Morgan fingerprint density at radius 3 is 2.84 bits per heavy atom. The Kier molecular flexibility index (Phi) is 6.53. The molecule has 7 heteroatoms. The number of aromatic amines is 1. The summed E-state index contributed by atoms with van der Waals surface area (Å²) >= 11 is 0. The van der Waals surface area contributed by atoms with Crippen LogP contribution >= 0.6 is 0 Å². The number of pyridine rings is 1. The molecule has 2 aliphatic carbocycles. The van der Waals surface area contributed by atoms with Gasteiger partial charge in [0.2, 0.25) is 5.91 Å². The highest BCUT2D eigenvalue weighted by molar-refractivity contribution is 5.96. The maximum absolute atomic E-state index is 13.2. The summed E-state index contributed by atoms with van der Waals surface area (Å²) in [4.78, 5) is 32.9. The van der Waals surface area contributed by atoms with Crippen LogP contribution < -0.4 is 5.32 Å². The number of aryl methyl sites for hydroxylation is 2. The van der Waals surface area contributed by atoms with Gasteiger partial charge in [0.15, 0.2) is 0 Å². The molecule has 1 aliphatic heterocycles. The number of carbonyl (C=O) groups excluding carboxylic acids is 2. The first-order chi connectivity index (χ1) is 18.1. The number of aromatic nitrogens is 3. The van der Waals surface area contributed by atoms with Gasteiger partial charge >= 0.3 is 0 Å². The van der Waals surface area contributed by atoms with E-state index in [1.165, 1.54) is 24.8 Å². The van der Waals surface area contributed by atoms with Crippen LogP contribution in [0.5, 0.6) is 0 Å². The summed E-state index contributed by atoms with van der Waals surface area (Å²) in [7, 11) is 0. The summed E-state index contributed by atoms with van der Waals surface area (Å²) in [5.41, 5.74) is 6.87. The minimum absolute atomic E-state index is 0.0867. The smallest absolute Gasteiger partial charge is 0.269 e. The van der Waals surface area contributed by atoms with Crippen LogP contribution in [0.4, 0.5) is 0 Å². The van der Waals surface area contributed by atoms with Gasteiger partial charge in [-0.3, -0.25) is 19.7 Å². The van der Waals surface area contributed by atoms with Gasteiger partial charge in [0.05, 0.1) is 17.8 Å². The second-order valence-corrected chi connectivity index (χ2v) is 10.9. The molecule has 1 aromatic carbocycles. The van der Waals surface area contributed by atoms with E-state index < -0.39 is 0 Å². The van der Waals surface area contributed by atoms with Gasteiger partial charge in [-0.15, -0.1) is 0 Å². The standard InChI is InChI=1S/C30H35N5O2/c1-2-3-4-7-19-8-5-9-20(14-19)15-27(36)35-18-21-16-22(35)17-26(21)32-30(37)29-24-11-12-25-23(10-6-13-31-25)28(24)33-34-29/h5-6,8-10,13-14,21-22,26H,2-4,7,11-12,15-18H2,1H3,(H,32,37)(H,33,34)/t21-,22-,26-/m0/s1. The number of piperidine rings is 1. The van der Waals surface area contributed by atoms with Crippen LogP contribution in [-0.4, -0.2) is 50.5 Å². The van der Waals surface area contributed by atoms with E-state index in [0.29, 0.717) is 18.0 Å². The Hall–Kier alpha value is -3.48. The van der Waals surface area contributed by atoms with Crippen LogP contribution in [0.1, 0.15) is 71.9 Å². The molecular weight excluding hydrogens is 462 g/mol. The van der Waals surface area contributed by atoms with Gasteiger partial charge in [0, 0.05) is 36.0 Å². The fraction of sp³-hybridized carbons (Fsp3) is 0.467. The van der Waals surface area contributed by atoms with Crippen molar-refractivity contribution in [3.8, 4) is 11.3 Å². The predicted octanol–water partition coefficient (Wildman–Crippen LogP) is 4.26. The summed E-state index contributed by atoms with van der Waals surface area (Å²) in [6.07, 6.45) is 10.4. The van der Waals surface area contributed by atoms with E-state index >= 15 is 0 Å². The minimum Gasteiger partial charge on any atom is -0.348 e. The molecule has 192 valence electrons. The number of likely N-dealkylation sites (tertiary alicyclic amines) is 1. The summed E-state index contributed by atoms with van der Waals surface area (Å²) < 4.78 is 0. The lowest BCUT2D eigenvalue weighted by molar-refractivity contribution is -0.132. The summed E-state index contributed by atoms with van der Waals surface area (Å²) in [5, 5.41) is 10.7. The van der Waals surface area contributed by atoms with E-state index in [1.807, 2.05) is 12.1 Å². The molecule has 2 N–H and O–H groups in total. The van der Waals surface area contributed by atoms with Gasteiger partial charge in [-0.2, -0.15) is 5.10 Å². The number of rotatable bonds is 8. The van der Waals surface area contributed by atoms with Gasteiger partial charge in [-0.05, 0) is 67.7 Å². The molecule has 2 aromatic heterocycles. The SMILES string of the molecule is CCCCCc1cccc(CC(=O)N2C[C@@H]3C[C@H]2C[C@@H]3NC(=O)c2[nH]nc3c2CCc2ncccc2-3)c1. The maximum Gasteiger partial charge on any atom is 0.269 e. The quantitative estimate of drug-likeness (QED) is 0.455. The van der Waals surface area contributed by atoms with Crippen LogP contribution in [-0.2, 0) is 30.5 Å². The molecule has 1 saturated carbocycles. The van der Waals surface area contributed by atoms with Crippen LogP contribution in [0.25, 0.3) is 11.3 Å². The van der Waals surface area contributed by atoms with Crippen LogP contribution in [0.3, 0.4) is 0 Å². The molecule has 3 atom stereocenters. The van der Waals surface area contributed by atoms with E-state index in [-0.39, 0.29) is 23.9 Å². The molecule has 2 bridgehead atoms. The number of fused-ring (bicyclic) bond motifs is 5. The molecule has 6 rings (SSSR count). The lowest BCUT2D eigenvalue weighted by Crippen LogP contribution is -2.48. The van der Waals surface area contributed by atoms with Gasteiger partial charge in [-0.1, -0.05) is 44.0 Å². The van der Waals surface area contributed by atoms with Gasteiger partial charge < -0.3 is 10.2 Å². The molecule has 0 unspecified atom stereocenters. The van der Waals surface area contributed by atoms with Crippen molar-refractivity contribution >= 4 is 11.8 Å². The Morgan fingerprint density at radius 2 is 2.00 bits per heavy atom. The minimum atomic E-state index is -0.0867. The average Bonchev–Trinajstić information content (AvgIpc) is 3.63. The zero-order valence-corrected chi connectivity index (χ0v) is 21.5. The number of nitrogens with one attached hydrogen (secondary N) is 2. The Bertz CT molecular complexity index is 1310. The number of hydrogen-bond donors (Lipinski definition) is 2. The molecule has 37 heavy (non-hydrogen) atoms. The lowest BCUT2D eigenvalue weighted by atomic mass is 9.92. The lowest BCUT2D eigenvalue weighted by Gasteiger charge is -2.32. The molecule has 1 saturated heterocycles. The highest BCUT2D eigenvalue weighted by Crippen LogP contribution is 2.39. The summed E-state index contributed by atoms with van der Waals surface area (Å²) in [6, 6.07) is 12.8. The Morgan fingerprint density at radius 1 is 1.11 bits per heavy atom. The fourth-order valence-electron chi connectivity index (χ4n) is 6.54. The maximum atomic E-state index is 13.2. The number of nitrogens with zero attached hydrogens (tertiary/aromatic N) is 3. The van der Waals surface area contributed by atoms with E-state index in [9.17, 15) is 9.59 Å². The van der Waals surface area contributed by atoms with Gasteiger partial charge in [0.1, 0.15) is 5.69 Å². The highest BCUT2D eigenvalue weighted by Gasteiger charge is 2.47. The first-order valence-electron chi connectivity index (χ1n) is 13.8. The number of unbranched alkanes of at least 4 members (excludes halogenated alkanes) is 2. The Balaban J connectivity index is 1.06. The van der Waals surface area contributed by atoms with Crippen LogP contribution in [0.15, 0.2) is 42.6 Å². The molecule has 3 heterocycles. The highest BCUT2D eigenvalue weighted by atomic mass is 16.2. The third-order valence-electron chi connectivity index (χ3n) is 8.45. The van der Waals surface area contributed by atoms with Gasteiger partial charge in [-0.25, -0.2) is 0 Å². The molecule has 2 fully saturated rings. The van der Waals surface area contributed by atoms with Crippen molar-refractivity contribution in [1.29, 1.82) is 0 Å². The van der Waals surface area contributed by atoms with Crippen molar-refractivity contribution in [2.45, 2.75) is 76.8 Å². The van der Waals surface area contributed by atoms with Crippen molar-refractivity contribution in [1.82, 2.24) is 25.4 Å². The molecule has 2 amide bonds. The van der Waals surface area contributed by atoms with Crippen molar-refractivity contribution in [2.24, 2.45) is 5.92 Å². The fourth-order valence-corrected chi connectivity index (χ4v) is 6.54. The van der Waals surface area contributed by atoms with E-state index in [1.54, 1.807) is 6.20 Å². The largest absolute Gasteiger partial charge is 0.348 e. The van der Waals surface area contributed by atoms with Crippen molar-refractivity contribution in [2.75, 3.05) is 6.54 Å². The van der Waals surface area contributed by atoms with Crippen molar-refractivity contribution in [3.63, 3.8) is 0 Å². The van der Waals surface area contributed by atoms with E-state index in [4.69, 9.17) is 0 Å². The third kappa shape index (κ3) is 4.67. The van der Waals surface area contributed by atoms with E-state index in [2.05, 4.69) is 56.6 Å². The zero-order chi connectivity index (χ0) is 25.4. The van der Waals surface area contributed by atoms with E-state index in [0.717, 1.165) is 66.7 Å². The van der Waals surface area contributed by atoms with Crippen LogP contribution in [0, 0.1) is 5.92 Å². The topological polar surface area (TPSA) is 91.0 Å². The predicted molar refractivity (Wildman–Crippen MR) is 142 cm³/mol. The normalized spacial score (nSPS) is 21.5. The van der Waals surface area contributed by atoms with Crippen LogP contribution in [0.2, 0.25) is 0 Å². The monoisotopic (exact) mass is 497 g/mol. The second-order valence-electron chi connectivity index (χ2n) is 10.9. The Labute approximate surface area is 218 Å².